The molecule has 1 amide bonds. The van der Waals surface area contributed by atoms with Crippen LogP contribution in [0.25, 0.3) is 0 Å². The molecule has 164 valence electrons. The van der Waals surface area contributed by atoms with E-state index in [4.69, 9.17) is 9.47 Å². The number of methoxy groups -OCH3 is 1. The third kappa shape index (κ3) is 8.10. The van der Waals surface area contributed by atoms with Gasteiger partial charge in [0.25, 0.3) is 0 Å². The second-order valence-corrected chi connectivity index (χ2v) is 6.72. The van der Waals surface area contributed by atoms with Gasteiger partial charge in [-0.1, -0.05) is 24.3 Å². The highest BCUT2D eigenvalue weighted by Crippen LogP contribution is 2.25. The minimum absolute atomic E-state index is 0. The van der Waals surface area contributed by atoms with Crippen molar-refractivity contribution in [2.75, 3.05) is 26.0 Å². The van der Waals surface area contributed by atoms with Crippen molar-refractivity contribution in [1.82, 2.24) is 10.6 Å². The molecule has 0 spiro atoms. The average molecular weight is 526 g/mol. The highest BCUT2D eigenvalue weighted by Gasteiger charge is 2.09. The Morgan fingerprint density at radius 1 is 1.13 bits per heavy atom. The largest absolute Gasteiger partial charge is 0.495 e. The van der Waals surface area contributed by atoms with Crippen molar-refractivity contribution in [1.29, 1.82) is 0 Å². The molecule has 0 aromatic heterocycles. The van der Waals surface area contributed by atoms with Crippen LogP contribution in [0.2, 0.25) is 0 Å². The number of amides is 1. The summed E-state index contributed by atoms with van der Waals surface area (Å²) in [5.74, 6) is 2.03. The molecule has 0 aliphatic carbocycles. The Morgan fingerprint density at radius 2 is 1.87 bits per heavy atom. The smallest absolute Gasteiger partial charge is 0.221 e. The van der Waals surface area contributed by atoms with Crippen LogP contribution in [0.3, 0.4) is 0 Å². The molecule has 0 radical (unpaired) electrons. The quantitative estimate of drug-likeness (QED) is 0.278. The van der Waals surface area contributed by atoms with Crippen LogP contribution in [-0.2, 0) is 11.3 Å². The molecule has 2 aromatic rings. The van der Waals surface area contributed by atoms with Crippen LogP contribution >= 0.6 is 24.0 Å². The van der Waals surface area contributed by atoms with Crippen LogP contribution in [0.4, 0.5) is 5.69 Å². The van der Waals surface area contributed by atoms with Gasteiger partial charge in [0, 0.05) is 20.5 Å². The van der Waals surface area contributed by atoms with Gasteiger partial charge in [0.05, 0.1) is 19.3 Å². The molecule has 1 atom stereocenters. The molecule has 2 aromatic carbocycles. The number of carbonyl (C=O) groups is 1. The third-order valence-corrected chi connectivity index (χ3v) is 4.24. The van der Waals surface area contributed by atoms with E-state index in [9.17, 15) is 4.79 Å². The van der Waals surface area contributed by atoms with E-state index < -0.39 is 0 Å². The van der Waals surface area contributed by atoms with Crippen LogP contribution in [-0.4, -0.2) is 38.7 Å². The normalized spacial score (nSPS) is 11.7. The fraction of sp³-hybridized carbons (Fsp3) is 0.364. The number of nitrogens with one attached hydrogen (secondary N) is 3. The fourth-order valence-corrected chi connectivity index (χ4v) is 2.75. The maximum absolute atomic E-state index is 11.4. The van der Waals surface area contributed by atoms with Gasteiger partial charge in [0.2, 0.25) is 5.91 Å². The molecular weight excluding hydrogens is 495 g/mol. The number of hydrogen-bond acceptors (Lipinski definition) is 4. The Bertz CT molecular complexity index is 858. The highest BCUT2D eigenvalue weighted by atomic mass is 127. The van der Waals surface area contributed by atoms with Crippen LogP contribution in [0, 0.1) is 6.92 Å². The van der Waals surface area contributed by atoms with Crippen molar-refractivity contribution < 1.29 is 14.3 Å². The summed E-state index contributed by atoms with van der Waals surface area (Å²) in [6, 6.07) is 13.6. The average Bonchev–Trinajstić information content (AvgIpc) is 2.69. The van der Waals surface area contributed by atoms with Crippen LogP contribution in [0.5, 0.6) is 11.5 Å². The number of para-hydroxylation sites is 1. The number of ether oxygens (including phenoxy) is 2. The zero-order chi connectivity index (χ0) is 21.2. The standard InChI is InChI=1S/C22H30N4O3.HI/c1-15-8-6-7-9-20(15)29-16(2)13-24-22(23-4)25-14-18-10-11-21(28-5)19(12-18)26-17(3)27;/h6-12,16H,13-14H2,1-5H3,(H,26,27)(H2,23,24,25);1H. The molecule has 0 saturated carbocycles. The molecule has 1 unspecified atom stereocenters. The lowest BCUT2D eigenvalue weighted by Crippen LogP contribution is -2.41. The maximum atomic E-state index is 11.4. The van der Waals surface area contributed by atoms with E-state index in [1.165, 1.54) is 6.92 Å². The number of carbonyl (C=O) groups excluding carboxylic acids is 1. The van der Waals surface area contributed by atoms with Gasteiger partial charge >= 0.3 is 0 Å². The first kappa shape index (κ1) is 25.5. The predicted molar refractivity (Wildman–Crippen MR) is 132 cm³/mol. The Hall–Kier alpha value is -2.49. The van der Waals surface area contributed by atoms with E-state index in [-0.39, 0.29) is 36.0 Å². The first-order valence-electron chi connectivity index (χ1n) is 9.54. The lowest BCUT2D eigenvalue weighted by molar-refractivity contribution is -0.114. The number of aryl methyl sites for hydroxylation is 1. The van der Waals surface area contributed by atoms with E-state index in [2.05, 4.69) is 20.9 Å². The lowest BCUT2D eigenvalue weighted by Gasteiger charge is -2.19. The molecular formula is C22H31IN4O3. The Kier molecular flexibility index (Phi) is 11.0. The van der Waals surface area contributed by atoms with Crippen LogP contribution in [0.15, 0.2) is 47.5 Å². The summed E-state index contributed by atoms with van der Waals surface area (Å²) in [5.41, 5.74) is 2.74. The monoisotopic (exact) mass is 526 g/mol. The van der Waals surface area contributed by atoms with E-state index in [1.807, 2.05) is 56.3 Å². The summed E-state index contributed by atoms with van der Waals surface area (Å²) in [4.78, 5) is 15.6. The van der Waals surface area contributed by atoms with Gasteiger partial charge < -0.3 is 25.4 Å². The fourth-order valence-electron chi connectivity index (χ4n) is 2.75. The molecule has 30 heavy (non-hydrogen) atoms. The van der Waals surface area contributed by atoms with Gasteiger partial charge in [-0.15, -0.1) is 24.0 Å². The number of halogens is 1. The SMILES string of the molecule is CN=C(NCc1ccc(OC)c(NC(C)=O)c1)NCC(C)Oc1ccccc1C.I. The van der Waals surface area contributed by atoms with Gasteiger partial charge in [0.1, 0.15) is 17.6 Å². The minimum atomic E-state index is -0.145. The Labute approximate surface area is 195 Å². The molecule has 0 saturated heterocycles. The van der Waals surface area contributed by atoms with Crippen molar-refractivity contribution in [2.45, 2.75) is 33.4 Å². The van der Waals surface area contributed by atoms with Crippen LogP contribution < -0.4 is 25.4 Å². The topological polar surface area (TPSA) is 84.0 Å². The molecule has 0 aliphatic heterocycles. The molecule has 0 heterocycles. The molecule has 0 bridgehead atoms. The van der Waals surface area contributed by atoms with E-state index in [1.54, 1.807) is 14.2 Å². The Morgan fingerprint density at radius 3 is 2.50 bits per heavy atom. The van der Waals surface area contributed by atoms with E-state index >= 15 is 0 Å². The number of benzene rings is 2. The van der Waals surface area contributed by atoms with Gasteiger partial charge in [-0.25, -0.2) is 0 Å². The van der Waals surface area contributed by atoms with Crippen molar-refractivity contribution in [3.05, 3.63) is 53.6 Å². The highest BCUT2D eigenvalue weighted by molar-refractivity contribution is 14.0. The zero-order valence-corrected chi connectivity index (χ0v) is 20.4. The molecule has 7 nitrogen and oxygen atoms in total. The summed E-state index contributed by atoms with van der Waals surface area (Å²) in [6.45, 7) is 6.66. The van der Waals surface area contributed by atoms with Crippen molar-refractivity contribution in [2.24, 2.45) is 4.99 Å². The molecule has 8 heteroatoms. The summed E-state index contributed by atoms with van der Waals surface area (Å²) in [6.07, 6.45) is -0.0259. The van der Waals surface area contributed by atoms with Gasteiger partial charge in [0.15, 0.2) is 5.96 Å². The van der Waals surface area contributed by atoms with E-state index in [0.29, 0.717) is 30.5 Å². The number of anilines is 1. The number of guanidine groups is 1. The third-order valence-electron chi connectivity index (χ3n) is 4.24. The first-order chi connectivity index (χ1) is 13.9. The zero-order valence-electron chi connectivity index (χ0n) is 18.1. The molecule has 2 rings (SSSR count). The second kappa shape index (κ2) is 12.9. The molecule has 0 aliphatic rings. The number of hydrogen-bond donors (Lipinski definition) is 3. The Balaban J connectivity index is 0.00000450. The van der Waals surface area contributed by atoms with E-state index in [0.717, 1.165) is 16.9 Å². The van der Waals surface area contributed by atoms with Crippen LogP contribution in [0.1, 0.15) is 25.0 Å². The molecule has 3 N–H and O–H groups in total. The maximum Gasteiger partial charge on any atom is 0.221 e. The lowest BCUT2D eigenvalue weighted by atomic mass is 10.2. The second-order valence-electron chi connectivity index (χ2n) is 6.72. The first-order valence-corrected chi connectivity index (χ1v) is 9.54. The molecule has 0 fully saturated rings. The van der Waals surface area contributed by atoms with Crippen molar-refractivity contribution in [3.63, 3.8) is 0 Å². The van der Waals surface area contributed by atoms with Gasteiger partial charge in [-0.3, -0.25) is 9.79 Å². The predicted octanol–water partition coefficient (Wildman–Crippen LogP) is 3.71. The number of aliphatic imine (C=N–C) groups is 1. The number of rotatable bonds is 8. The van der Waals surface area contributed by atoms with Gasteiger partial charge in [-0.2, -0.15) is 0 Å². The summed E-state index contributed by atoms with van der Waals surface area (Å²) < 4.78 is 11.3. The van der Waals surface area contributed by atoms with Crippen molar-refractivity contribution in [3.8, 4) is 11.5 Å². The summed E-state index contributed by atoms with van der Waals surface area (Å²) in [7, 11) is 3.30. The van der Waals surface area contributed by atoms with Crippen molar-refractivity contribution >= 4 is 41.5 Å². The number of nitrogens with zero attached hydrogens (tertiary/aromatic N) is 1. The summed E-state index contributed by atoms with van der Waals surface area (Å²) >= 11 is 0. The minimum Gasteiger partial charge on any atom is -0.495 e. The van der Waals surface area contributed by atoms with Gasteiger partial charge in [-0.05, 0) is 43.2 Å². The summed E-state index contributed by atoms with van der Waals surface area (Å²) in [5, 5.41) is 9.31.